The first-order valence-electron chi connectivity index (χ1n) is 12.2. The van der Waals surface area contributed by atoms with Gasteiger partial charge >= 0.3 is 0 Å². The monoisotopic (exact) mass is 515 g/mol. The minimum absolute atomic E-state index is 0.0113. The Morgan fingerprint density at radius 2 is 1.50 bits per heavy atom. The summed E-state index contributed by atoms with van der Waals surface area (Å²) < 4.78 is 0. The van der Waals surface area contributed by atoms with E-state index in [0.717, 1.165) is 4.90 Å². The molecule has 0 saturated carbocycles. The van der Waals surface area contributed by atoms with Gasteiger partial charge in [-0.15, -0.1) is 5.10 Å². The van der Waals surface area contributed by atoms with Gasteiger partial charge in [-0.1, -0.05) is 30.3 Å². The summed E-state index contributed by atoms with van der Waals surface area (Å²) in [6.45, 7) is 1.95. The van der Waals surface area contributed by atoms with Crippen LogP contribution in [0.3, 0.4) is 0 Å². The summed E-state index contributed by atoms with van der Waals surface area (Å²) >= 11 is 0. The summed E-state index contributed by atoms with van der Waals surface area (Å²) in [5, 5.41) is 14.0. The molecule has 5 amide bonds. The van der Waals surface area contributed by atoms with Crippen molar-refractivity contribution < 1.29 is 24.0 Å². The van der Waals surface area contributed by atoms with Crippen molar-refractivity contribution in [1.82, 2.24) is 35.2 Å². The molecule has 1 aromatic heterocycles. The van der Waals surface area contributed by atoms with E-state index in [0.29, 0.717) is 30.9 Å². The molecule has 2 aliphatic rings. The maximum Gasteiger partial charge on any atom is 0.294 e. The fraction of sp³-hybridized carbons (Fsp3) is 0.269. The number of para-hydroxylation sites is 1. The maximum atomic E-state index is 13.2. The average molecular weight is 516 g/mol. The van der Waals surface area contributed by atoms with E-state index in [1.54, 1.807) is 31.2 Å². The molecule has 0 unspecified atom stereocenters. The quantitative estimate of drug-likeness (QED) is 0.463. The Labute approximate surface area is 217 Å². The Morgan fingerprint density at radius 3 is 2.18 bits per heavy atom. The molecular weight excluding hydrogens is 490 g/mol. The first kappa shape index (κ1) is 24.8. The molecular formula is C26H25N7O5. The number of amides is 5. The third-order valence-electron chi connectivity index (χ3n) is 6.37. The molecule has 1 saturated heterocycles. The second-order valence-corrected chi connectivity index (χ2v) is 8.90. The van der Waals surface area contributed by atoms with Crippen LogP contribution in [0.25, 0.3) is 5.69 Å². The number of hydrogen-bond acceptors (Lipinski definition) is 7. The molecule has 194 valence electrons. The first-order chi connectivity index (χ1) is 18.3. The van der Waals surface area contributed by atoms with Crippen LogP contribution in [0.4, 0.5) is 0 Å². The minimum atomic E-state index is -0.560. The lowest BCUT2D eigenvalue weighted by molar-refractivity contribution is -0.140. The fourth-order valence-electron chi connectivity index (χ4n) is 4.48. The zero-order valence-electron chi connectivity index (χ0n) is 20.7. The van der Waals surface area contributed by atoms with Gasteiger partial charge in [0, 0.05) is 26.1 Å². The highest BCUT2D eigenvalue weighted by Crippen LogP contribution is 2.22. The maximum absolute atomic E-state index is 13.2. The molecule has 12 heteroatoms. The zero-order valence-corrected chi connectivity index (χ0v) is 20.7. The number of carbonyl (C=O) groups is 5. The van der Waals surface area contributed by atoms with Gasteiger partial charge in [-0.2, -0.15) is 9.90 Å². The van der Waals surface area contributed by atoms with Crippen LogP contribution in [0.5, 0.6) is 0 Å². The summed E-state index contributed by atoms with van der Waals surface area (Å²) in [6.07, 6.45) is 0.544. The van der Waals surface area contributed by atoms with E-state index in [4.69, 9.17) is 0 Å². The number of imide groups is 1. The van der Waals surface area contributed by atoms with Gasteiger partial charge in [0.05, 0.1) is 22.5 Å². The van der Waals surface area contributed by atoms with Gasteiger partial charge in [-0.25, -0.2) is 5.01 Å². The average Bonchev–Trinajstić information content (AvgIpc) is 3.63. The minimum Gasteiger partial charge on any atom is -0.354 e. The van der Waals surface area contributed by atoms with Gasteiger partial charge in [0.15, 0.2) is 5.69 Å². The molecule has 3 heterocycles. The third kappa shape index (κ3) is 4.63. The molecule has 0 atom stereocenters. The van der Waals surface area contributed by atoms with Crippen LogP contribution in [0.15, 0.2) is 54.6 Å². The van der Waals surface area contributed by atoms with Gasteiger partial charge in [-0.05, 0) is 37.6 Å². The largest absolute Gasteiger partial charge is 0.354 e. The second kappa shape index (κ2) is 10.2. The van der Waals surface area contributed by atoms with Crippen molar-refractivity contribution in [2.45, 2.75) is 19.8 Å². The van der Waals surface area contributed by atoms with Crippen molar-refractivity contribution in [3.05, 3.63) is 77.1 Å². The van der Waals surface area contributed by atoms with Crippen molar-refractivity contribution in [3.8, 4) is 5.69 Å². The van der Waals surface area contributed by atoms with Crippen LogP contribution in [-0.2, 0) is 9.59 Å². The highest BCUT2D eigenvalue weighted by Gasteiger charge is 2.36. The fourth-order valence-corrected chi connectivity index (χ4v) is 4.48. The normalized spacial score (nSPS) is 14.7. The van der Waals surface area contributed by atoms with E-state index < -0.39 is 30.2 Å². The summed E-state index contributed by atoms with van der Waals surface area (Å²) in [5.41, 5.74) is 1.83. The molecule has 1 fully saturated rings. The number of hydrazine groups is 1. The van der Waals surface area contributed by atoms with Gasteiger partial charge < -0.3 is 5.32 Å². The molecule has 2 aromatic carbocycles. The van der Waals surface area contributed by atoms with Gasteiger partial charge in [-0.3, -0.25) is 33.9 Å². The lowest BCUT2D eigenvalue weighted by atomic mass is 10.1. The Morgan fingerprint density at radius 1 is 0.868 bits per heavy atom. The standard InChI is InChI=1S/C26H25N7O5/c1-17-23(29-33(28-17)18-8-3-2-4-9-18)26(38)32-15-7-14-31(32)22(35)12-13-27-21(34)16-30-24(36)19-10-5-6-11-20(19)25(30)37/h2-6,8-11H,7,12-16H2,1H3,(H,27,34). The highest BCUT2D eigenvalue weighted by molar-refractivity contribution is 6.22. The van der Waals surface area contributed by atoms with E-state index in [1.807, 2.05) is 30.3 Å². The Kier molecular flexibility index (Phi) is 6.69. The van der Waals surface area contributed by atoms with E-state index in [1.165, 1.54) is 14.8 Å². The van der Waals surface area contributed by atoms with Crippen molar-refractivity contribution in [1.29, 1.82) is 0 Å². The SMILES string of the molecule is Cc1nn(-c2ccccc2)nc1C(=O)N1CCCN1C(=O)CCNC(=O)CN1C(=O)c2ccccc2C1=O. The lowest BCUT2D eigenvalue weighted by Crippen LogP contribution is -2.46. The molecule has 0 spiro atoms. The van der Waals surface area contributed by atoms with Gasteiger partial charge in [0.1, 0.15) is 6.54 Å². The molecule has 1 N–H and O–H groups in total. The Balaban J connectivity index is 1.15. The highest BCUT2D eigenvalue weighted by atomic mass is 16.2. The topological polar surface area (TPSA) is 138 Å². The van der Waals surface area contributed by atoms with Crippen LogP contribution in [0.1, 0.15) is 49.7 Å². The summed E-state index contributed by atoms with van der Waals surface area (Å²) in [5.74, 6) is -2.38. The number of fused-ring (bicyclic) bond motifs is 1. The zero-order chi connectivity index (χ0) is 26.8. The van der Waals surface area contributed by atoms with E-state index in [2.05, 4.69) is 15.5 Å². The molecule has 38 heavy (non-hydrogen) atoms. The molecule has 12 nitrogen and oxygen atoms in total. The van der Waals surface area contributed by atoms with E-state index in [-0.39, 0.29) is 35.7 Å². The number of rotatable bonds is 7. The number of aryl methyl sites for hydroxylation is 1. The third-order valence-corrected chi connectivity index (χ3v) is 6.37. The predicted molar refractivity (Wildman–Crippen MR) is 133 cm³/mol. The van der Waals surface area contributed by atoms with E-state index >= 15 is 0 Å². The van der Waals surface area contributed by atoms with Crippen molar-refractivity contribution in [3.63, 3.8) is 0 Å². The molecule has 0 aliphatic carbocycles. The molecule has 0 bridgehead atoms. The second-order valence-electron chi connectivity index (χ2n) is 8.90. The number of aromatic nitrogens is 3. The number of nitrogens with zero attached hydrogens (tertiary/aromatic N) is 6. The van der Waals surface area contributed by atoms with Crippen LogP contribution in [0.2, 0.25) is 0 Å². The molecule has 2 aliphatic heterocycles. The summed E-state index contributed by atoms with van der Waals surface area (Å²) in [7, 11) is 0. The number of nitrogens with one attached hydrogen (secondary N) is 1. The van der Waals surface area contributed by atoms with Crippen molar-refractivity contribution in [2.75, 3.05) is 26.2 Å². The number of carbonyl (C=O) groups excluding carboxylic acids is 5. The molecule has 3 aromatic rings. The Hall–Kier alpha value is -4.87. The van der Waals surface area contributed by atoms with Gasteiger partial charge in [0.25, 0.3) is 17.7 Å². The van der Waals surface area contributed by atoms with E-state index in [9.17, 15) is 24.0 Å². The van der Waals surface area contributed by atoms with Gasteiger partial charge in [0.2, 0.25) is 11.8 Å². The van der Waals surface area contributed by atoms with Crippen LogP contribution in [0, 0.1) is 6.92 Å². The molecule has 0 radical (unpaired) electrons. The smallest absolute Gasteiger partial charge is 0.294 e. The molecule has 5 rings (SSSR count). The number of hydrogen-bond donors (Lipinski definition) is 1. The van der Waals surface area contributed by atoms with Crippen LogP contribution in [-0.4, -0.2) is 85.6 Å². The summed E-state index contributed by atoms with van der Waals surface area (Å²) in [6, 6.07) is 15.6. The van der Waals surface area contributed by atoms with Crippen molar-refractivity contribution >= 4 is 29.5 Å². The Bertz CT molecular complexity index is 1400. The summed E-state index contributed by atoms with van der Waals surface area (Å²) in [4.78, 5) is 65.7. The lowest BCUT2D eigenvalue weighted by Gasteiger charge is -2.27. The van der Waals surface area contributed by atoms with Crippen LogP contribution >= 0.6 is 0 Å². The number of benzene rings is 2. The van der Waals surface area contributed by atoms with Crippen LogP contribution < -0.4 is 5.32 Å². The predicted octanol–water partition coefficient (Wildman–Crippen LogP) is 0.968. The first-order valence-corrected chi connectivity index (χ1v) is 12.2. The van der Waals surface area contributed by atoms with Crippen molar-refractivity contribution in [2.24, 2.45) is 0 Å².